The molecule has 15 heavy (non-hydrogen) atoms. The van der Waals surface area contributed by atoms with Gasteiger partial charge in [-0.25, -0.2) is 0 Å². The van der Waals surface area contributed by atoms with E-state index in [2.05, 4.69) is 0 Å². The molecule has 0 aromatic heterocycles. The Hall–Kier alpha value is 0.314. The predicted molar refractivity (Wildman–Crippen MR) is 67.0 cm³/mol. The molecule has 0 spiro atoms. The Labute approximate surface area is 96.1 Å². The van der Waals surface area contributed by atoms with E-state index >= 15 is 0 Å². The Morgan fingerprint density at radius 2 is 1.53 bits per heavy atom. The van der Waals surface area contributed by atoms with Gasteiger partial charge in [0.15, 0.2) is 0 Å². The number of hydrogen-bond acceptors (Lipinski definition) is 3. The van der Waals surface area contributed by atoms with E-state index in [-0.39, 0.29) is 8.80 Å². The lowest BCUT2D eigenvalue weighted by molar-refractivity contribution is 0.123. The zero-order valence-corrected chi connectivity index (χ0v) is 12.4. The van der Waals surface area contributed by atoms with E-state index in [0.29, 0.717) is 0 Å². The summed E-state index contributed by atoms with van der Waals surface area (Å²) >= 11 is 0. The molecule has 0 aliphatic carbocycles. The standard InChI is InChI=1S/C10H24O3Si2/c1-11-15(12-2,13-3)10-6-9-14-7-4-5-8-14/h14H,4-10H2,1-3H3. The monoisotopic (exact) mass is 248 g/mol. The average Bonchev–Trinajstić information content (AvgIpc) is 2.78. The molecule has 0 aromatic carbocycles. The molecule has 5 heteroatoms. The molecule has 1 aliphatic rings. The second kappa shape index (κ2) is 6.80. The topological polar surface area (TPSA) is 27.7 Å². The molecule has 0 aromatic rings. The van der Waals surface area contributed by atoms with E-state index < -0.39 is 8.80 Å². The molecule has 0 atom stereocenters. The second-order valence-electron chi connectivity index (χ2n) is 4.34. The molecule has 0 radical (unpaired) electrons. The zero-order chi connectivity index (χ0) is 11.1. The van der Waals surface area contributed by atoms with Crippen molar-refractivity contribution in [2.24, 2.45) is 0 Å². The van der Waals surface area contributed by atoms with Gasteiger partial charge in [0.25, 0.3) is 0 Å². The van der Waals surface area contributed by atoms with E-state index in [4.69, 9.17) is 13.3 Å². The van der Waals surface area contributed by atoms with E-state index in [1.807, 2.05) is 0 Å². The summed E-state index contributed by atoms with van der Waals surface area (Å²) < 4.78 is 16.2. The maximum atomic E-state index is 5.41. The van der Waals surface area contributed by atoms with Crippen LogP contribution in [0.1, 0.15) is 19.3 Å². The van der Waals surface area contributed by atoms with Crippen LogP contribution in [0.5, 0.6) is 0 Å². The summed E-state index contributed by atoms with van der Waals surface area (Å²) in [5, 5.41) is 0. The Morgan fingerprint density at radius 3 is 2.00 bits per heavy atom. The fourth-order valence-corrected chi connectivity index (χ4v) is 8.00. The van der Waals surface area contributed by atoms with Gasteiger partial charge >= 0.3 is 8.80 Å². The molecule has 1 aliphatic heterocycles. The van der Waals surface area contributed by atoms with Gasteiger partial charge in [0.1, 0.15) is 0 Å². The smallest absolute Gasteiger partial charge is 0.377 e. The van der Waals surface area contributed by atoms with E-state index in [1.54, 1.807) is 33.4 Å². The van der Waals surface area contributed by atoms with Crippen LogP contribution in [0.15, 0.2) is 0 Å². The molecule has 0 saturated carbocycles. The van der Waals surface area contributed by atoms with Crippen LogP contribution in [0.2, 0.25) is 24.2 Å². The van der Waals surface area contributed by atoms with Gasteiger partial charge in [-0.05, 0) is 0 Å². The largest absolute Gasteiger partial charge is 0.500 e. The summed E-state index contributed by atoms with van der Waals surface area (Å²) in [7, 11) is 2.49. The zero-order valence-electron chi connectivity index (χ0n) is 10.3. The third-order valence-electron chi connectivity index (χ3n) is 3.50. The molecule has 3 nitrogen and oxygen atoms in total. The molecule has 0 unspecified atom stereocenters. The number of rotatable bonds is 7. The Kier molecular flexibility index (Phi) is 6.07. The van der Waals surface area contributed by atoms with Crippen molar-refractivity contribution in [3.8, 4) is 0 Å². The lowest BCUT2D eigenvalue weighted by atomic mass is 10.4. The number of hydrogen-bond donors (Lipinski definition) is 0. The van der Waals surface area contributed by atoms with E-state index in [0.717, 1.165) is 6.04 Å². The summed E-state index contributed by atoms with van der Waals surface area (Å²) in [6.45, 7) is 0. The summed E-state index contributed by atoms with van der Waals surface area (Å²) in [6, 6.07) is 5.55. The highest BCUT2D eigenvalue weighted by atomic mass is 28.4. The van der Waals surface area contributed by atoms with Crippen LogP contribution >= 0.6 is 0 Å². The lowest BCUT2D eigenvalue weighted by Gasteiger charge is -2.24. The average molecular weight is 248 g/mol. The van der Waals surface area contributed by atoms with Crippen molar-refractivity contribution in [1.29, 1.82) is 0 Å². The van der Waals surface area contributed by atoms with Gasteiger partial charge in [0.05, 0.1) is 0 Å². The molecule has 1 heterocycles. The minimum atomic E-state index is -2.27. The first-order valence-electron chi connectivity index (χ1n) is 5.92. The Morgan fingerprint density at radius 1 is 1.00 bits per heavy atom. The second-order valence-corrected chi connectivity index (χ2v) is 10.9. The molecule has 1 fully saturated rings. The quantitative estimate of drug-likeness (QED) is 0.647. The fourth-order valence-electron chi connectivity index (χ4n) is 2.46. The maximum Gasteiger partial charge on any atom is 0.500 e. The van der Waals surface area contributed by atoms with E-state index in [9.17, 15) is 0 Å². The highest BCUT2D eigenvalue weighted by molar-refractivity contribution is 6.61. The summed E-state index contributed by atoms with van der Waals surface area (Å²) in [5.74, 6) is 0. The van der Waals surface area contributed by atoms with Gasteiger partial charge in [-0.15, -0.1) is 0 Å². The molecule has 0 bridgehead atoms. The van der Waals surface area contributed by atoms with Crippen LogP contribution in [-0.4, -0.2) is 38.9 Å². The molecular weight excluding hydrogens is 224 g/mol. The minimum absolute atomic E-state index is 0.348. The third kappa shape index (κ3) is 3.99. The highest BCUT2D eigenvalue weighted by Gasteiger charge is 2.37. The highest BCUT2D eigenvalue weighted by Crippen LogP contribution is 2.25. The fraction of sp³-hybridized carbons (Fsp3) is 1.00. The van der Waals surface area contributed by atoms with Crippen molar-refractivity contribution in [3.05, 3.63) is 0 Å². The van der Waals surface area contributed by atoms with Crippen molar-refractivity contribution in [2.45, 2.75) is 43.4 Å². The van der Waals surface area contributed by atoms with E-state index in [1.165, 1.54) is 25.3 Å². The van der Waals surface area contributed by atoms with Crippen LogP contribution in [0, 0.1) is 0 Å². The van der Waals surface area contributed by atoms with Crippen LogP contribution in [-0.2, 0) is 13.3 Å². The molecule has 90 valence electrons. The van der Waals surface area contributed by atoms with Crippen molar-refractivity contribution in [3.63, 3.8) is 0 Å². The van der Waals surface area contributed by atoms with Crippen LogP contribution in [0.25, 0.3) is 0 Å². The molecular formula is C10H24O3Si2. The van der Waals surface area contributed by atoms with Gasteiger partial charge in [-0.1, -0.05) is 37.4 Å². The minimum Gasteiger partial charge on any atom is -0.377 e. The van der Waals surface area contributed by atoms with Crippen LogP contribution in [0.3, 0.4) is 0 Å². The van der Waals surface area contributed by atoms with Crippen molar-refractivity contribution in [2.75, 3.05) is 21.3 Å². The summed E-state index contributed by atoms with van der Waals surface area (Å²) in [4.78, 5) is 0. The van der Waals surface area contributed by atoms with Gasteiger partial charge < -0.3 is 13.3 Å². The van der Waals surface area contributed by atoms with Crippen molar-refractivity contribution >= 4 is 17.6 Å². The Balaban J connectivity index is 2.21. The summed E-state index contributed by atoms with van der Waals surface area (Å²) in [6.07, 6.45) is 4.20. The first kappa shape index (κ1) is 13.4. The lowest BCUT2D eigenvalue weighted by Crippen LogP contribution is -2.42. The first-order chi connectivity index (χ1) is 7.26. The van der Waals surface area contributed by atoms with Crippen molar-refractivity contribution in [1.82, 2.24) is 0 Å². The van der Waals surface area contributed by atoms with Crippen LogP contribution < -0.4 is 0 Å². The normalized spacial score (nSPS) is 18.6. The van der Waals surface area contributed by atoms with Gasteiger partial charge in [0, 0.05) is 36.2 Å². The van der Waals surface area contributed by atoms with Gasteiger partial charge in [-0.3, -0.25) is 0 Å². The summed E-state index contributed by atoms with van der Waals surface area (Å²) in [5.41, 5.74) is 0. The van der Waals surface area contributed by atoms with Crippen molar-refractivity contribution < 1.29 is 13.3 Å². The van der Waals surface area contributed by atoms with Gasteiger partial charge in [0.2, 0.25) is 0 Å². The predicted octanol–water partition coefficient (Wildman–Crippen LogP) is 2.28. The molecule has 0 N–H and O–H groups in total. The molecule has 0 amide bonds. The Bertz CT molecular complexity index is 160. The SMILES string of the molecule is CO[Si](CCC[SiH]1CCCC1)(OC)OC. The maximum absolute atomic E-state index is 5.41. The molecule has 1 saturated heterocycles. The first-order valence-corrected chi connectivity index (χ1v) is 10.3. The molecule has 1 rings (SSSR count). The van der Waals surface area contributed by atoms with Gasteiger partial charge in [-0.2, -0.15) is 0 Å². The third-order valence-corrected chi connectivity index (χ3v) is 10.0. The van der Waals surface area contributed by atoms with Crippen LogP contribution in [0.4, 0.5) is 0 Å².